The monoisotopic (exact) mass is 389 g/mol. The molecule has 0 amide bonds. The third-order valence-corrected chi connectivity index (χ3v) is 6.41. The summed E-state index contributed by atoms with van der Waals surface area (Å²) in [6.07, 6.45) is 3.40. The fraction of sp³-hybridized carbons (Fsp3) is 0.739. The quantitative estimate of drug-likeness (QED) is 0.740. The molecule has 0 saturated carbocycles. The first-order chi connectivity index (χ1) is 13.6. The van der Waals surface area contributed by atoms with Crippen LogP contribution in [0.15, 0.2) is 24.3 Å². The summed E-state index contributed by atoms with van der Waals surface area (Å²) in [4.78, 5) is 7.86. The number of aliphatic hydroxyl groups excluding tert-OH is 1. The number of likely N-dealkylation sites (tertiary alicyclic amines) is 1. The maximum absolute atomic E-state index is 9.64. The number of ether oxygens (including phenoxy) is 1. The van der Waals surface area contributed by atoms with Gasteiger partial charge in [-0.25, -0.2) is 0 Å². The topological polar surface area (TPSA) is 39.2 Å². The van der Waals surface area contributed by atoms with Crippen LogP contribution in [0.2, 0.25) is 0 Å². The Morgan fingerprint density at radius 1 is 1.07 bits per heavy atom. The van der Waals surface area contributed by atoms with Crippen LogP contribution in [0.5, 0.6) is 5.75 Å². The molecule has 2 heterocycles. The number of hydrogen-bond acceptors (Lipinski definition) is 5. The Hall–Kier alpha value is -1.14. The largest absolute Gasteiger partial charge is 0.494 e. The zero-order valence-electron chi connectivity index (χ0n) is 18.0. The van der Waals surface area contributed by atoms with E-state index < -0.39 is 0 Å². The SMILES string of the molecule is CCOc1ccc(CN2CCN(C3CCN(C(C)C)CC3)[C@@H](CCO)C2)cc1. The van der Waals surface area contributed by atoms with E-state index in [4.69, 9.17) is 4.74 Å². The van der Waals surface area contributed by atoms with Crippen molar-refractivity contribution < 1.29 is 9.84 Å². The molecule has 0 unspecified atom stereocenters. The van der Waals surface area contributed by atoms with E-state index >= 15 is 0 Å². The number of piperazine rings is 1. The number of benzene rings is 1. The summed E-state index contributed by atoms with van der Waals surface area (Å²) >= 11 is 0. The lowest BCUT2D eigenvalue weighted by Gasteiger charge is -2.48. The van der Waals surface area contributed by atoms with Crippen molar-refractivity contribution in [2.75, 3.05) is 45.9 Å². The van der Waals surface area contributed by atoms with E-state index in [1.807, 2.05) is 6.92 Å². The number of piperidine rings is 1. The van der Waals surface area contributed by atoms with Gasteiger partial charge in [0.1, 0.15) is 5.75 Å². The molecule has 5 nitrogen and oxygen atoms in total. The molecular formula is C23H39N3O2. The molecule has 2 saturated heterocycles. The first-order valence-electron chi connectivity index (χ1n) is 11.2. The third-order valence-electron chi connectivity index (χ3n) is 6.41. The molecule has 28 heavy (non-hydrogen) atoms. The van der Waals surface area contributed by atoms with Crippen LogP contribution >= 0.6 is 0 Å². The van der Waals surface area contributed by atoms with Gasteiger partial charge in [0.05, 0.1) is 6.61 Å². The second kappa shape index (κ2) is 10.6. The maximum Gasteiger partial charge on any atom is 0.119 e. The van der Waals surface area contributed by atoms with Crippen LogP contribution in [-0.4, -0.2) is 83.9 Å². The summed E-state index contributed by atoms with van der Waals surface area (Å²) in [5.74, 6) is 0.946. The predicted octanol–water partition coefficient (Wildman–Crippen LogP) is 2.83. The Morgan fingerprint density at radius 3 is 2.39 bits per heavy atom. The maximum atomic E-state index is 9.64. The molecule has 2 aliphatic rings. The molecule has 1 N–H and O–H groups in total. The van der Waals surface area contributed by atoms with E-state index in [9.17, 15) is 5.11 Å². The van der Waals surface area contributed by atoms with Crippen molar-refractivity contribution in [3.8, 4) is 5.75 Å². The molecule has 0 aromatic heterocycles. The van der Waals surface area contributed by atoms with Crippen molar-refractivity contribution in [2.24, 2.45) is 0 Å². The van der Waals surface area contributed by atoms with Crippen LogP contribution in [0.4, 0.5) is 0 Å². The molecule has 0 aliphatic carbocycles. The summed E-state index contributed by atoms with van der Waals surface area (Å²) in [5.41, 5.74) is 1.34. The highest BCUT2D eigenvalue weighted by Gasteiger charge is 2.33. The fourth-order valence-electron chi connectivity index (χ4n) is 4.81. The van der Waals surface area contributed by atoms with E-state index in [-0.39, 0.29) is 6.61 Å². The first-order valence-corrected chi connectivity index (χ1v) is 11.2. The summed E-state index contributed by atoms with van der Waals surface area (Å²) < 4.78 is 5.55. The van der Waals surface area contributed by atoms with Gasteiger partial charge in [-0.05, 0) is 70.8 Å². The Labute approximate surface area is 171 Å². The number of rotatable bonds is 8. The first kappa shape index (κ1) is 21.6. The van der Waals surface area contributed by atoms with E-state index in [0.717, 1.165) is 38.3 Å². The molecule has 1 aromatic carbocycles. The van der Waals surface area contributed by atoms with Crippen molar-refractivity contribution >= 4 is 0 Å². The molecule has 3 rings (SSSR count). The van der Waals surface area contributed by atoms with Crippen LogP contribution in [0.25, 0.3) is 0 Å². The minimum Gasteiger partial charge on any atom is -0.494 e. The van der Waals surface area contributed by atoms with Crippen LogP contribution in [0.3, 0.4) is 0 Å². The molecule has 0 spiro atoms. The average Bonchev–Trinajstić information content (AvgIpc) is 2.70. The Morgan fingerprint density at radius 2 is 1.79 bits per heavy atom. The number of nitrogens with zero attached hydrogens (tertiary/aromatic N) is 3. The van der Waals surface area contributed by atoms with E-state index in [1.54, 1.807) is 0 Å². The lowest BCUT2D eigenvalue weighted by molar-refractivity contribution is -0.0000334. The summed E-state index contributed by atoms with van der Waals surface area (Å²) in [7, 11) is 0. The van der Waals surface area contributed by atoms with Gasteiger partial charge in [0.2, 0.25) is 0 Å². The highest BCUT2D eigenvalue weighted by atomic mass is 16.5. The van der Waals surface area contributed by atoms with Crippen molar-refractivity contribution in [1.29, 1.82) is 0 Å². The van der Waals surface area contributed by atoms with Crippen LogP contribution in [0, 0.1) is 0 Å². The van der Waals surface area contributed by atoms with Crippen molar-refractivity contribution in [1.82, 2.24) is 14.7 Å². The number of hydrogen-bond donors (Lipinski definition) is 1. The van der Waals surface area contributed by atoms with Crippen molar-refractivity contribution in [3.05, 3.63) is 29.8 Å². The zero-order chi connectivity index (χ0) is 19.9. The van der Waals surface area contributed by atoms with Gasteiger partial charge >= 0.3 is 0 Å². The van der Waals surface area contributed by atoms with Crippen LogP contribution < -0.4 is 4.74 Å². The minimum absolute atomic E-state index is 0.281. The van der Waals surface area contributed by atoms with Gasteiger partial charge in [0, 0.05) is 50.9 Å². The van der Waals surface area contributed by atoms with Crippen LogP contribution in [-0.2, 0) is 6.54 Å². The number of aliphatic hydroxyl groups is 1. The van der Waals surface area contributed by atoms with E-state index in [0.29, 0.717) is 24.7 Å². The molecule has 2 fully saturated rings. The molecular weight excluding hydrogens is 350 g/mol. The highest BCUT2D eigenvalue weighted by molar-refractivity contribution is 5.27. The van der Waals surface area contributed by atoms with Gasteiger partial charge < -0.3 is 14.7 Å². The second-order valence-electron chi connectivity index (χ2n) is 8.58. The lowest BCUT2D eigenvalue weighted by Crippen LogP contribution is -2.58. The van der Waals surface area contributed by atoms with E-state index in [2.05, 4.69) is 52.8 Å². The normalized spacial score (nSPS) is 23.4. The Kier molecular flexibility index (Phi) is 8.15. The zero-order valence-corrected chi connectivity index (χ0v) is 18.0. The van der Waals surface area contributed by atoms with Gasteiger partial charge in [0.25, 0.3) is 0 Å². The van der Waals surface area contributed by atoms with Gasteiger partial charge in [-0.15, -0.1) is 0 Å². The highest BCUT2D eigenvalue weighted by Crippen LogP contribution is 2.25. The average molecular weight is 390 g/mol. The summed E-state index contributed by atoms with van der Waals surface area (Å²) in [6, 6.07) is 10.3. The lowest BCUT2D eigenvalue weighted by atomic mass is 9.97. The molecule has 0 bridgehead atoms. The molecule has 158 valence electrons. The van der Waals surface area contributed by atoms with Crippen molar-refractivity contribution in [2.45, 2.75) is 64.7 Å². The Bertz CT molecular complexity index is 570. The predicted molar refractivity (Wildman–Crippen MR) is 115 cm³/mol. The van der Waals surface area contributed by atoms with Gasteiger partial charge in [-0.2, -0.15) is 0 Å². The molecule has 5 heteroatoms. The van der Waals surface area contributed by atoms with E-state index in [1.165, 1.54) is 31.5 Å². The van der Waals surface area contributed by atoms with Crippen LogP contribution in [0.1, 0.15) is 45.6 Å². The van der Waals surface area contributed by atoms with Gasteiger partial charge in [-0.3, -0.25) is 9.80 Å². The van der Waals surface area contributed by atoms with Gasteiger partial charge in [-0.1, -0.05) is 12.1 Å². The smallest absolute Gasteiger partial charge is 0.119 e. The molecule has 2 aliphatic heterocycles. The van der Waals surface area contributed by atoms with Gasteiger partial charge in [0.15, 0.2) is 0 Å². The fourth-order valence-corrected chi connectivity index (χ4v) is 4.81. The summed E-state index contributed by atoms with van der Waals surface area (Å²) in [5, 5.41) is 9.64. The van der Waals surface area contributed by atoms with Crippen molar-refractivity contribution in [3.63, 3.8) is 0 Å². The second-order valence-corrected chi connectivity index (χ2v) is 8.58. The summed E-state index contributed by atoms with van der Waals surface area (Å²) in [6.45, 7) is 14.3. The molecule has 1 atom stereocenters. The standard InChI is InChI=1S/C23H39N3O2/c1-4-28-23-7-5-20(6-8-23)17-24-14-15-26(22(18-24)11-16-27)21-9-12-25(13-10-21)19(2)3/h5-8,19,21-22,27H,4,9-18H2,1-3H3/t22-/m0/s1. The molecule has 0 radical (unpaired) electrons. The Balaban J connectivity index is 1.55. The third kappa shape index (κ3) is 5.69. The minimum atomic E-state index is 0.281. The molecule has 1 aromatic rings.